The van der Waals surface area contributed by atoms with Crippen LogP contribution >= 0.6 is 25.3 Å². The highest BCUT2D eigenvalue weighted by Crippen LogP contribution is 2.03. The average molecular weight is 481 g/mol. The minimum Gasteiger partial charge on any atom is -0.480 e. The molecule has 0 saturated heterocycles. The molecule has 0 aromatic carbocycles. The summed E-state index contributed by atoms with van der Waals surface area (Å²) in [7, 11) is 0. The maximum Gasteiger partial charge on any atom is 0.327 e. The smallest absolute Gasteiger partial charge is 0.327 e. The van der Waals surface area contributed by atoms with E-state index in [9.17, 15) is 24.0 Å². The Hall–Kier alpha value is -2.03. The van der Waals surface area contributed by atoms with Crippen LogP contribution in [0.4, 0.5) is 0 Å². The second-order valence-corrected chi connectivity index (χ2v) is 7.51. The van der Waals surface area contributed by atoms with Crippen molar-refractivity contribution in [1.29, 1.82) is 0 Å². The number of carbonyl (C=O) groups excluding carboxylic acids is 4. The number of carbonyl (C=O) groups is 5. The first-order valence-corrected chi connectivity index (χ1v) is 10.9. The standard InChI is InChI=1S/C17H32N6O6S2/c18-6-2-1-3-9(19)14(25)22-11(7-30)16(27)21-10(4-5-13(20)24)15(26)23-12(8-31)17(28)29/h9-12,30-31H,1-8,18-19H2,(H2,20,24)(H,21,27)(H,22,25)(H,23,26)(H,28,29). The van der Waals surface area contributed by atoms with E-state index < -0.39 is 53.8 Å². The van der Waals surface area contributed by atoms with Crippen molar-refractivity contribution in [3.8, 4) is 0 Å². The normalized spacial score (nSPS) is 14.6. The van der Waals surface area contributed by atoms with Gasteiger partial charge in [-0.15, -0.1) is 0 Å². The number of hydrogen-bond donors (Lipinski definition) is 9. The summed E-state index contributed by atoms with van der Waals surface area (Å²) in [6.45, 7) is 0.473. The zero-order valence-electron chi connectivity index (χ0n) is 17.1. The molecule has 31 heavy (non-hydrogen) atoms. The first kappa shape index (κ1) is 29.0. The van der Waals surface area contributed by atoms with E-state index in [-0.39, 0.29) is 24.3 Å². The van der Waals surface area contributed by atoms with Gasteiger partial charge in [-0.3, -0.25) is 19.2 Å². The van der Waals surface area contributed by atoms with Crippen LogP contribution in [-0.4, -0.2) is 76.9 Å². The van der Waals surface area contributed by atoms with E-state index in [1.54, 1.807) is 0 Å². The monoisotopic (exact) mass is 480 g/mol. The van der Waals surface area contributed by atoms with Gasteiger partial charge >= 0.3 is 5.97 Å². The molecule has 178 valence electrons. The molecule has 0 rings (SSSR count). The minimum atomic E-state index is -1.31. The van der Waals surface area contributed by atoms with E-state index in [2.05, 4.69) is 41.2 Å². The molecule has 0 aliphatic heterocycles. The number of carboxylic acids is 1. The van der Waals surface area contributed by atoms with Gasteiger partial charge in [0, 0.05) is 17.9 Å². The van der Waals surface area contributed by atoms with Gasteiger partial charge in [0.1, 0.15) is 18.1 Å². The van der Waals surface area contributed by atoms with Crippen molar-refractivity contribution < 1.29 is 29.1 Å². The predicted octanol–water partition coefficient (Wildman–Crippen LogP) is -2.89. The zero-order chi connectivity index (χ0) is 24.0. The topological polar surface area (TPSA) is 220 Å². The summed E-state index contributed by atoms with van der Waals surface area (Å²) < 4.78 is 0. The Morgan fingerprint density at radius 3 is 1.81 bits per heavy atom. The number of nitrogens with one attached hydrogen (secondary N) is 3. The fraction of sp³-hybridized carbons (Fsp3) is 0.706. The maximum atomic E-state index is 12.6. The van der Waals surface area contributed by atoms with Crippen LogP contribution in [0.5, 0.6) is 0 Å². The molecule has 4 amide bonds. The third-order valence-corrected chi connectivity index (χ3v) is 4.96. The number of carboxylic acid groups (broad SMARTS) is 1. The quantitative estimate of drug-likeness (QED) is 0.0822. The van der Waals surface area contributed by atoms with Crippen molar-refractivity contribution in [2.75, 3.05) is 18.1 Å². The summed E-state index contributed by atoms with van der Waals surface area (Å²) in [5, 5.41) is 16.1. The van der Waals surface area contributed by atoms with Crippen molar-refractivity contribution >= 4 is 54.9 Å². The largest absolute Gasteiger partial charge is 0.480 e. The highest BCUT2D eigenvalue weighted by molar-refractivity contribution is 7.80. The van der Waals surface area contributed by atoms with Crippen LogP contribution in [-0.2, 0) is 24.0 Å². The van der Waals surface area contributed by atoms with E-state index >= 15 is 0 Å². The summed E-state index contributed by atoms with van der Waals surface area (Å²) in [4.78, 5) is 59.4. The highest BCUT2D eigenvalue weighted by atomic mass is 32.1. The van der Waals surface area contributed by atoms with Crippen LogP contribution in [0.3, 0.4) is 0 Å². The molecule has 4 atom stereocenters. The third-order valence-electron chi connectivity index (χ3n) is 4.23. The Morgan fingerprint density at radius 2 is 1.32 bits per heavy atom. The van der Waals surface area contributed by atoms with E-state index in [0.29, 0.717) is 25.8 Å². The SMILES string of the molecule is NCCCCC(N)C(=O)NC(CS)C(=O)NC(CCC(N)=O)C(=O)NC(CS)C(=O)O. The number of unbranched alkanes of at least 4 members (excludes halogenated alkanes) is 1. The van der Waals surface area contributed by atoms with Gasteiger partial charge in [-0.05, 0) is 25.8 Å². The van der Waals surface area contributed by atoms with E-state index in [0.717, 1.165) is 0 Å². The molecule has 12 nitrogen and oxygen atoms in total. The molecule has 0 spiro atoms. The molecule has 0 aromatic rings. The van der Waals surface area contributed by atoms with Crippen molar-refractivity contribution in [1.82, 2.24) is 16.0 Å². The maximum absolute atomic E-state index is 12.6. The first-order valence-electron chi connectivity index (χ1n) is 9.66. The lowest BCUT2D eigenvalue weighted by Gasteiger charge is -2.24. The van der Waals surface area contributed by atoms with Gasteiger partial charge < -0.3 is 38.3 Å². The van der Waals surface area contributed by atoms with E-state index in [4.69, 9.17) is 22.3 Å². The van der Waals surface area contributed by atoms with Crippen molar-refractivity contribution in [2.45, 2.75) is 56.3 Å². The molecule has 0 aromatic heterocycles. The Kier molecular flexibility index (Phi) is 14.7. The molecule has 10 N–H and O–H groups in total. The predicted molar refractivity (Wildman–Crippen MR) is 120 cm³/mol. The number of primary amides is 1. The molecule has 0 aliphatic carbocycles. The van der Waals surface area contributed by atoms with Crippen LogP contribution in [0.2, 0.25) is 0 Å². The van der Waals surface area contributed by atoms with Crippen molar-refractivity contribution in [3.63, 3.8) is 0 Å². The molecule has 0 saturated carbocycles. The number of nitrogens with two attached hydrogens (primary N) is 3. The van der Waals surface area contributed by atoms with Gasteiger partial charge in [-0.25, -0.2) is 4.79 Å². The van der Waals surface area contributed by atoms with E-state index in [1.807, 2.05) is 0 Å². The van der Waals surface area contributed by atoms with Gasteiger partial charge in [0.25, 0.3) is 0 Å². The van der Waals surface area contributed by atoms with Crippen molar-refractivity contribution in [2.24, 2.45) is 17.2 Å². The fourth-order valence-electron chi connectivity index (χ4n) is 2.40. The summed E-state index contributed by atoms with van der Waals surface area (Å²) in [6, 6.07) is -4.52. The molecule has 0 radical (unpaired) electrons. The molecular formula is C17H32N6O6S2. The Morgan fingerprint density at radius 1 is 0.806 bits per heavy atom. The first-order chi connectivity index (χ1) is 14.6. The second-order valence-electron chi connectivity index (χ2n) is 6.78. The lowest BCUT2D eigenvalue weighted by Crippen LogP contribution is -2.58. The number of hydrogen-bond acceptors (Lipinski definition) is 9. The fourth-order valence-corrected chi connectivity index (χ4v) is 2.90. The molecule has 14 heteroatoms. The summed E-state index contributed by atoms with van der Waals surface area (Å²) in [5.41, 5.74) is 16.3. The number of rotatable bonds is 16. The summed E-state index contributed by atoms with van der Waals surface area (Å²) in [6.07, 6.45) is 1.33. The van der Waals surface area contributed by atoms with Crippen molar-refractivity contribution in [3.05, 3.63) is 0 Å². The van der Waals surface area contributed by atoms with Gasteiger partial charge in [-0.2, -0.15) is 25.3 Å². The van der Waals surface area contributed by atoms with Crippen LogP contribution < -0.4 is 33.2 Å². The molecule has 4 unspecified atom stereocenters. The lowest BCUT2D eigenvalue weighted by molar-refractivity contribution is -0.141. The summed E-state index contributed by atoms with van der Waals surface area (Å²) >= 11 is 7.90. The minimum absolute atomic E-state index is 0.0916. The molecule has 0 aliphatic rings. The molecular weight excluding hydrogens is 448 g/mol. The molecule has 0 fully saturated rings. The number of thiol groups is 2. The van der Waals surface area contributed by atoms with E-state index in [1.165, 1.54) is 0 Å². The lowest BCUT2D eigenvalue weighted by atomic mass is 10.1. The Bertz CT molecular complexity index is 638. The highest BCUT2D eigenvalue weighted by Gasteiger charge is 2.29. The van der Waals surface area contributed by atoms with Crippen LogP contribution in [0, 0.1) is 0 Å². The average Bonchev–Trinajstić information content (AvgIpc) is 2.72. The van der Waals surface area contributed by atoms with Crippen LogP contribution in [0.25, 0.3) is 0 Å². The Balaban J connectivity index is 5.13. The Labute approximate surface area is 191 Å². The van der Waals surface area contributed by atoms with Gasteiger partial charge in [0.05, 0.1) is 6.04 Å². The van der Waals surface area contributed by atoms with Gasteiger partial charge in [0.15, 0.2) is 0 Å². The third kappa shape index (κ3) is 11.8. The van der Waals surface area contributed by atoms with Gasteiger partial charge in [0.2, 0.25) is 23.6 Å². The second kappa shape index (κ2) is 15.7. The van der Waals surface area contributed by atoms with Gasteiger partial charge in [-0.1, -0.05) is 6.42 Å². The number of aliphatic carboxylic acids is 1. The number of amides is 4. The molecule has 0 bridgehead atoms. The zero-order valence-corrected chi connectivity index (χ0v) is 18.9. The van der Waals surface area contributed by atoms with Crippen LogP contribution in [0.15, 0.2) is 0 Å². The summed E-state index contributed by atoms with van der Waals surface area (Å²) in [5.74, 6) is -4.45. The van der Waals surface area contributed by atoms with Crippen LogP contribution in [0.1, 0.15) is 32.1 Å². The molecule has 0 heterocycles.